The van der Waals surface area contributed by atoms with Gasteiger partial charge in [-0.15, -0.1) is 0 Å². The SMILES string of the molecule is CCNC(CCOc1ccc2ccccc2c1)C(=O)O. The van der Waals surface area contributed by atoms with Gasteiger partial charge in [-0.1, -0.05) is 37.3 Å². The molecule has 1 atom stereocenters. The average molecular weight is 273 g/mol. The summed E-state index contributed by atoms with van der Waals surface area (Å²) in [6, 6.07) is 13.4. The van der Waals surface area contributed by atoms with Crippen molar-refractivity contribution in [1.29, 1.82) is 0 Å². The van der Waals surface area contributed by atoms with Gasteiger partial charge in [-0.2, -0.15) is 0 Å². The third-order valence-corrected chi connectivity index (χ3v) is 3.14. The molecule has 2 N–H and O–H groups in total. The van der Waals surface area contributed by atoms with Gasteiger partial charge < -0.3 is 15.2 Å². The first-order chi connectivity index (χ1) is 9.70. The number of likely N-dealkylation sites (N-methyl/N-ethyl adjacent to an activating group) is 1. The van der Waals surface area contributed by atoms with E-state index in [2.05, 4.69) is 5.32 Å². The molecule has 0 radical (unpaired) electrons. The first-order valence-corrected chi connectivity index (χ1v) is 6.78. The number of carboxylic acid groups (broad SMARTS) is 1. The van der Waals surface area contributed by atoms with E-state index < -0.39 is 12.0 Å². The molecule has 0 spiro atoms. The van der Waals surface area contributed by atoms with Crippen molar-refractivity contribution in [3.8, 4) is 5.75 Å². The third kappa shape index (κ3) is 3.71. The summed E-state index contributed by atoms with van der Waals surface area (Å²) in [5, 5.41) is 14.2. The van der Waals surface area contributed by atoms with E-state index in [1.165, 1.54) is 0 Å². The lowest BCUT2D eigenvalue weighted by Crippen LogP contribution is -2.37. The van der Waals surface area contributed by atoms with Gasteiger partial charge in [0.25, 0.3) is 0 Å². The second-order valence-electron chi connectivity index (χ2n) is 4.59. The summed E-state index contributed by atoms with van der Waals surface area (Å²) in [5.74, 6) is -0.0710. The summed E-state index contributed by atoms with van der Waals surface area (Å²) in [4.78, 5) is 11.0. The molecule has 0 heterocycles. The molecule has 4 heteroatoms. The minimum Gasteiger partial charge on any atom is -0.493 e. The molecular formula is C16H19NO3. The average Bonchev–Trinajstić information content (AvgIpc) is 2.46. The third-order valence-electron chi connectivity index (χ3n) is 3.14. The summed E-state index contributed by atoms with van der Waals surface area (Å²) in [6.45, 7) is 2.90. The van der Waals surface area contributed by atoms with E-state index in [0.717, 1.165) is 16.5 Å². The zero-order valence-electron chi connectivity index (χ0n) is 11.5. The molecule has 0 saturated carbocycles. The lowest BCUT2D eigenvalue weighted by molar-refractivity contribution is -0.139. The second kappa shape index (κ2) is 6.91. The molecule has 2 aromatic carbocycles. The molecule has 1 unspecified atom stereocenters. The number of hydrogen-bond donors (Lipinski definition) is 2. The Morgan fingerprint density at radius 1 is 1.25 bits per heavy atom. The van der Waals surface area contributed by atoms with Crippen LogP contribution in [0.3, 0.4) is 0 Å². The molecule has 0 aromatic heterocycles. The number of carboxylic acids is 1. The fraction of sp³-hybridized carbons (Fsp3) is 0.312. The highest BCUT2D eigenvalue weighted by Crippen LogP contribution is 2.20. The van der Waals surface area contributed by atoms with Crippen molar-refractivity contribution in [3.63, 3.8) is 0 Å². The van der Waals surface area contributed by atoms with Gasteiger partial charge in [-0.3, -0.25) is 4.79 Å². The Balaban J connectivity index is 1.93. The Hall–Kier alpha value is -2.07. The van der Waals surface area contributed by atoms with Gasteiger partial charge in [0, 0.05) is 6.42 Å². The number of hydrogen-bond acceptors (Lipinski definition) is 3. The van der Waals surface area contributed by atoms with Gasteiger partial charge in [0.05, 0.1) is 6.61 Å². The molecule has 2 aromatic rings. The van der Waals surface area contributed by atoms with Crippen LogP contribution in [0, 0.1) is 0 Å². The zero-order valence-corrected chi connectivity index (χ0v) is 11.5. The Bertz CT molecular complexity index is 583. The maximum atomic E-state index is 11.0. The van der Waals surface area contributed by atoms with Crippen molar-refractivity contribution < 1.29 is 14.6 Å². The minimum absolute atomic E-state index is 0.377. The summed E-state index contributed by atoms with van der Waals surface area (Å²) in [5.41, 5.74) is 0. The normalized spacial score (nSPS) is 12.2. The summed E-state index contributed by atoms with van der Waals surface area (Å²) >= 11 is 0. The molecule has 0 aliphatic rings. The fourth-order valence-corrected chi connectivity index (χ4v) is 2.11. The smallest absolute Gasteiger partial charge is 0.320 e. The number of nitrogens with one attached hydrogen (secondary N) is 1. The Morgan fingerprint density at radius 2 is 2.00 bits per heavy atom. The van der Waals surface area contributed by atoms with Crippen molar-refractivity contribution in [1.82, 2.24) is 5.32 Å². The molecule has 20 heavy (non-hydrogen) atoms. The molecule has 0 aliphatic heterocycles. The maximum Gasteiger partial charge on any atom is 0.320 e. The van der Waals surface area contributed by atoms with Crippen LogP contribution >= 0.6 is 0 Å². The number of carbonyl (C=O) groups is 1. The van der Waals surface area contributed by atoms with Crippen LogP contribution in [0.25, 0.3) is 10.8 Å². The molecule has 2 rings (SSSR count). The van der Waals surface area contributed by atoms with Gasteiger partial charge in [0.15, 0.2) is 0 Å². The van der Waals surface area contributed by atoms with Crippen LogP contribution in [0.4, 0.5) is 0 Å². The monoisotopic (exact) mass is 273 g/mol. The largest absolute Gasteiger partial charge is 0.493 e. The van der Waals surface area contributed by atoms with Crippen LogP contribution < -0.4 is 10.1 Å². The number of benzene rings is 2. The molecule has 0 saturated heterocycles. The van der Waals surface area contributed by atoms with Crippen molar-refractivity contribution >= 4 is 16.7 Å². The molecule has 0 fully saturated rings. The van der Waals surface area contributed by atoms with Crippen LogP contribution in [0.1, 0.15) is 13.3 Å². The van der Waals surface area contributed by atoms with Crippen LogP contribution in [0.15, 0.2) is 42.5 Å². The highest BCUT2D eigenvalue weighted by Gasteiger charge is 2.15. The van der Waals surface area contributed by atoms with E-state index in [1.54, 1.807) is 0 Å². The molecule has 0 bridgehead atoms. The minimum atomic E-state index is -0.839. The van der Waals surface area contributed by atoms with Crippen LogP contribution in [-0.4, -0.2) is 30.3 Å². The lowest BCUT2D eigenvalue weighted by atomic mass is 10.1. The predicted molar refractivity (Wildman–Crippen MR) is 79.2 cm³/mol. The van der Waals surface area contributed by atoms with Gasteiger partial charge in [0.1, 0.15) is 11.8 Å². The number of ether oxygens (including phenoxy) is 1. The van der Waals surface area contributed by atoms with Gasteiger partial charge in [-0.05, 0) is 29.4 Å². The highest BCUT2D eigenvalue weighted by molar-refractivity contribution is 5.83. The maximum absolute atomic E-state index is 11.0. The van der Waals surface area contributed by atoms with E-state index in [-0.39, 0.29) is 0 Å². The van der Waals surface area contributed by atoms with Crippen molar-refractivity contribution in [2.24, 2.45) is 0 Å². The Kier molecular flexibility index (Phi) is 4.96. The standard InChI is InChI=1S/C16H19NO3/c1-2-17-15(16(18)19)9-10-20-14-8-7-12-5-3-4-6-13(12)11-14/h3-8,11,15,17H,2,9-10H2,1H3,(H,18,19). The summed E-state index contributed by atoms with van der Waals surface area (Å²) < 4.78 is 5.64. The molecular weight excluding hydrogens is 254 g/mol. The summed E-state index contributed by atoms with van der Waals surface area (Å²) in [7, 11) is 0. The Morgan fingerprint density at radius 3 is 2.70 bits per heavy atom. The van der Waals surface area contributed by atoms with E-state index in [4.69, 9.17) is 9.84 Å². The zero-order chi connectivity index (χ0) is 14.4. The molecule has 106 valence electrons. The predicted octanol–water partition coefficient (Wildman–Crippen LogP) is 2.67. The van der Waals surface area contributed by atoms with Gasteiger partial charge >= 0.3 is 5.97 Å². The van der Waals surface area contributed by atoms with Crippen LogP contribution in [-0.2, 0) is 4.79 Å². The number of rotatable bonds is 7. The van der Waals surface area contributed by atoms with Crippen molar-refractivity contribution in [2.45, 2.75) is 19.4 Å². The molecule has 4 nitrogen and oxygen atoms in total. The topological polar surface area (TPSA) is 58.6 Å². The van der Waals surface area contributed by atoms with Gasteiger partial charge in [-0.25, -0.2) is 0 Å². The lowest BCUT2D eigenvalue weighted by Gasteiger charge is -2.13. The van der Waals surface area contributed by atoms with Crippen LogP contribution in [0.5, 0.6) is 5.75 Å². The van der Waals surface area contributed by atoms with Crippen molar-refractivity contribution in [2.75, 3.05) is 13.2 Å². The van der Waals surface area contributed by atoms with E-state index >= 15 is 0 Å². The number of aliphatic carboxylic acids is 1. The molecule has 0 aliphatic carbocycles. The van der Waals surface area contributed by atoms with E-state index in [1.807, 2.05) is 49.4 Å². The fourth-order valence-electron chi connectivity index (χ4n) is 2.11. The number of fused-ring (bicyclic) bond motifs is 1. The van der Waals surface area contributed by atoms with E-state index in [9.17, 15) is 4.79 Å². The van der Waals surface area contributed by atoms with Crippen LogP contribution in [0.2, 0.25) is 0 Å². The molecule has 0 amide bonds. The highest BCUT2D eigenvalue weighted by atomic mass is 16.5. The second-order valence-corrected chi connectivity index (χ2v) is 4.59. The Labute approximate surface area is 118 Å². The van der Waals surface area contributed by atoms with Gasteiger partial charge in [0.2, 0.25) is 0 Å². The first kappa shape index (κ1) is 14.3. The summed E-state index contributed by atoms with van der Waals surface area (Å²) in [6.07, 6.45) is 0.440. The van der Waals surface area contributed by atoms with Crippen molar-refractivity contribution in [3.05, 3.63) is 42.5 Å². The van der Waals surface area contributed by atoms with E-state index in [0.29, 0.717) is 19.6 Å². The first-order valence-electron chi connectivity index (χ1n) is 6.78. The quantitative estimate of drug-likeness (QED) is 0.814.